The van der Waals surface area contributed by atoms with Gasteiger partial charge in [-0.2, -0.15) is 0 Å². The number of phenols is 1. The molecule has 0 aliphatic carbocycles. The Morgan fingerprint density at radius 2 is 1.77 bits per heavy atom. The summed E-state index contributed by atoms with van der Waals surface area (Å²) in [7, 11) is 1.46. The van der Waals surface area contributed by atoms with Gasteiger partial charge in [0, 0.05) is 12.7 Å². The highest BCUT2D eigenvalue weighted by Crippen LogP contribution is 2.25. The van der Waals surface area contributed by atoms with E-state index in [1.54, 1.807) is 45.0 Å². The number of nitrogens with one attached hydrogen (secondary N) is 2. The fourth-order valence-electron chi connectivity index (χ4n) is 2.89. The second-order valence-corrected chi connectivity index (χ2v) is 8.16. The van der Waals surface area contributed by atoms with E-state index in [4.69, 9.17) is 4.74 Å². The minimum Gasteiger partial charge on any atom is -0.508 e. The van der Waals surface area contributed by atoms with Crippen LogP contribution in [0.3, 0.4) is 0 Å². The first-order valence-electron chi connectivity index (χ1n) is 9.86. The van der Waals surface area contributed by atoms with Gasteiger partial charge in [0.2, 0.25) is 5.91 Å². The van der Waals surface area contributed by atoms with E-state index in [2.05, 4.69) is 10.6 Å². The molecule has 2 aromatic carbocycles. The molecule has 166 valence electrons. The third kappa shape index (κ3) is 7.02. The van der Waals surface area contributed by atoms with Crippen molar-refractivity contribution in [1.29, 1.82) is 0 Å². The minimum atomic E-state index is -1.03. The molecular formula is C23H29N3O5. The summed E-state index contributed by atoms with van der Waals surface area (Å²) in [5.41, 5.74) is 1.21. The zero-order chi connectivity index (χ0) is 23.2. The highest BCUT2D eigenvalue weighted by atomic mass is 16.6. The van der Waals surface area contributed by atoms with Crippen LogP contribution in [0, 0.1) is 6.92 Å². The molecule has 0 fully saturated rings. The molecule has 0 aliphatic rings. The molecule has 0 spiro atoms. The van der Waals surface area contributed by atoms with Gasteiger partial charge in [-0.3, -0.25) is 9.59 Å². The van der Waals surface area contributed by atoms with Crippen molar-refractivity contribution >= 4 is 23.6 Å². The van der Waals surface area contributed by atoms with Crippen molar-refractivity contribution in [3.8, 4) is 5.75 Å². The number of ether oxygens (including phenoxy) is 1. The fourth-order valence-corrected chi connectivity index (χ4v) is 2.89. The number of benzene rings is 2. The number of aromatic hydroxyl groups is 1. The van der Waals surface area contributed by atoms with Gasteiger partial charge in [0.25, 0.3) is 5.91 Å². The normalized spacial score (nSPS) is 11.9. The Bertz CT molecular complexity index is 952. The quantitative estimate of drug-likeness (QED) is 0.655. The number of hydrogen-bond acceptors (Lipinski definition) is 5. The van der Waals surface area contributed by atoms with Crippen molar-refractivity contribution in [1.82, 2.24) is 10.2 Å². The lowest BCUT2D eigenvalue weighted by Gasteiger charge is -2.28. The van der Waals surface area contributed by atoms with E-state index in [0.29, 0.717) is 11.3 Å². The van der Waals surface area contributed by atoms with E-state index < -0.39 is 29.6 Å². The van der Waals surface area contributed by atoms with Gasteiger partial charge in [-0.15, -0.1) is 0 Å². The Balaban J connectivity index is 2.21. The summed E-state index contributed by atoms with van der Waals surface area (Å²) >= 11 is 0. The molecule has 0 saturated carbocycles. The largest absolute Gasteiger partial charge is 0.508 e. The van der Waals surface area contributed by atoms with Crippen molar-refractivity contribution < 1.29 is 24.2 Å². The summed E-state index contributed by atoms with van der Waals surface area (Å²) in [6.45, 7) is 6.66. The lowest BCUT2D eigenvalue weighted by molar-refractivity contribution is -0.136. The smallest absolute Gasteiger partial charge is 0.408 e. The zero-order valence-corrected chi connectivity index (χ0v) is 18.4. The number of hydrogen-bond donors (Lipinski definition) is 3. The van der Waals surface area contributed by atoms with Gasteiger partial charge in [-0.05, 0) is 57.0 Å². The molecule has 0 aromatic heterocycles. The van der Waals surface area contributed by atoms with Gasteiger partial charge in [-0.25, -0.2) is 4.79 Å². The standard InChI is InChI=1S/C23H29N3O5/c1-15-9-6-7-12-18(15)25-21(29)20(16-10-8-11-17(27)13-16)26(5)19(28)14-24-22(30)31-23(2,3)4/h6-13,20,27H,14H2,1-5H3,(H,24,30)(H,25,29). The number of anilines is 1. The molecule has 0 bridgehead atoms. The number of para-hydroxylation sites is 1. The number of likely N-dealkylation sites (N-methyl/N-ethyl adjacent to an activating group) is 1. The van der Waals surface area contributed by atoms with Gasteiger partial charge in [0.1, 0.15) is 23.9 Å². The van der Waals surface area contributed by atoms with E-state index in [-0.39, 0.29) is 12.3 Å². The molecule has 3 amide bonds. The van der Waals surface area contributed by atoms with Crippen molar-refractivity contribution in [3.63, 3.8) is 0 Å². The number of phenolic OH excluding ortho intramolecular Hbond substituents is 1. The first kappa shape index (κ1) is 23.7. The number of carbonyl (C=O) groups excluding carboxylic acids is 3. The number of amides is 3. The predicted molar refractivity (Wildman–Crippen MR) is 118 cm³/mol. The summed E-state index contributed by atoms with van der Waals surface area (Å²) in [5, 5.41) is 15.1. The second-order valence-electron chi connectivity index (χ2n) is 8.16. The molecule has 0 saturated heterocycles. The molecule has 31 heavy (non-hydrogen) atoms. The maximum Gasteiger partial charge on any atom is 0.408 e. The Morgan fingerprint density at radius 1 is 1.10 bits per heavy atom. The Morgan fingerprint density at radius 3 is 2.39 bits per heavy atom. The minimum absolute atomic E-state index is 0.0288. The SMILES string of the molecule is Cc1ccccc1NC(=O)C(c1cccc(O)c1)N(C)C(=O)CNC(=O)OC(C)(C)C. The summed E-state index contributed by atoms with van der Waals surface area (Å²) < 4.78 is 5.14. The molecule has 8 heteroatoms. The highest BCUT2D eigenvalue weighted by molar-refractivity contribution is 5.98. The topological polar surface area (TPSA) is 108 Å². The third-order valence-electron chi connectivity index (χ3n) is 4.40. The van der Waals surface area contributed by atoms with Crippen LogP contribution in [-0.4, -0.2) is 47.1 Å². The van der Waals surface area contributed by atoms with Crippen molar-refractivity contribution in [2.75, 3.05) is 18.9 Å². The first-order valence-corrected chi connectivity index (χ1v) is 9.86. The van der Waals surface area contributed by atoms with Gasteiger partial charge in [0.05, 0.1) is 0 Å². The van der Waals surface area contributed by atoms with Crippen LogP contribution in [0.15, 0.2) is 48.5 Å². The molecule has 0 radical (unpaired) electrons. The van der Waals surface area contributed by atoms with Crippen LogP contribution in [0.2, 0.25) is 0 Å². The predicted octanol–water partition coefficient (Wildman–Crippen LogP) is 3.36. The van der Waals surface area contributed by atoms with E-state index in [0.717, 1.165) is 5.56 Å². The molecule has 0 aliphatic heterocycles. The van der Waals surface area contributed by atoms with Gasteiger partial charge >= 0.3 is 6.09 Å². The van der Waals surface area contributed by atoms with E-state index in [1.807, 2.05) is 19.1 Å². The van der Waals surface area contributed by atoms with E-state index in [1.165, 1.54) is 24.1 Å². The summed E-state index contributed by atoms with van der Waals surface area (Å²) in [4.78, 5) is 39.0. The molecular weight excluding hydrogens is 398 g/mol. The summed E-state index contributed by atoms with van der Waals surface area (Å²) in [6.07, 6.45) is -0.729. The van der Waals surface area contributed by atoms with Crippen molar-refractivity contribution in [2.24, 2.45) is 0 Å². The number of alkyl carbamates (subject to hydrolysis) is 1. The summed E-state index contributed by atoms with van der Waals surface area (Å²) in [5.74, 6) is -0.980. The van der Waals surface area contributed by atoms with Crippen molar-refractivity contribution in [2.45, 2.75) is 39.3 Å². The van der Waals surface area contributed by atoms with Gasteiger partial charge in [0.15, 0.2) is 0 Å². The van der Waals surface area contributed by atoms with Crippen LogP contribution in [-0.2, 0) is 14.3 Å². The molecule has 2 rings (SSSR count). The van der Waals surface area contributed by atoms with Crippen LogP contribution in [0.25, 0.3) is 0 Å². The van der Waals surface area contributed by atoms with E-state index >= 15 is 0 Å². The highest BCUT2D eigenvalue weighted by Gasteiger charge is 2.29. The van der Waals surface area contributed by atoms with Gasteiger partial charge in [-0.1, -0.05) is 30.3 Å². The Labute approximate surface area is 182 Å². The number of rotatable bonds is 6. The zero-order valence-electron chi connectivity index (χ0n) is 18.4. The second kappa shape index (κ2) is 9.97. The molecule has 8 nitrogen and oxygen atoms in total. The fraction of sp³-hybridized carbons (Fsp3) is 0.348. The lowest BCUT2D eigenvalue weighted by atomic mass is 10.0. The Hall–Kier alpha value is -3.55. The van der Waals surface area contributed by atoms with E-state index in [9.17, 15) is 19.5 Å². The molecule has 3 N–H and O–H groups in total. The summed E-state index contributed by atoms with van der Waals surface area (Å²) in [6, 6.07) is 12.4. The number of aryl methyl sites for hydroxylation is 1. The molecule has 2 aromatic rings. The van der Waals surface area contributed by atoms with Crippen LogP contribution >= 0.6 is 0 Å². The van der Waals surface area contributed by atoms with Crippen LogP contribution in [0.4, 0.5) is 10.5 Å². The van der Waals surface area contributed by atoms with Crippen LogP contribution in [0.1, 0.15) is 37.9 Å². The van der Waals surface area contributed by atoms with Crippen molar-refractivity contribution in [3.05, 3.63) is 59.7 Å². The maximum atomic E-state index is 13.1. The number of nitrogens with zero attached hydrogens (tertiary/aromatic N) is 1. The Kier molecular flexibility index (Phi) is 7.63. The maximum absolute atomic E-state index is 13.1. The van der Waals surface area contributed by atoms with Crippen LogP contribution in [0.5, 0.6) is 5.75 Å². The molecule has 1 unspecified atom stereocenters. The average Bonchev–Trinajstić information content (AvgIpc) is 2.66. The average molecular weight is 428 g/mol. The monoisotopic (exact) mass is 427 g/mol. The molecule has 1 atom stereocenters. The third-order valence-corrected chi connectivity index (χ3v) is 4.40. The first-order chi connectivity index (χ1) is 14.5. The lowest BCUT2D eigenvalue weighted by Crippen LogP contribution is -2.44. The van der Waals surface area contributed by atoms with Crippen LogP contribution < -0.4 is 10.6 Å². The van der Waals surface area contributed by atoms with Gasteiger partial charge < -0.3 is 25.4 Å². The molecule has 0 heterocycles. The number of carbonyl (C=O) groups is 3.